The molecule has 2 aromatic carbocycles. The molecule has 0 radical (unpaired) electrons. The second-order valence-electron chi connectivity index (χ2n) is 5.42. The molecule has 1 heterocycles. The van der Waals surface area contributed by atoms with Crippen LogP contribution in [0.4, 0.5) is 24.5 Å². The first-order valence-electron chi connectivity index (χ1n) is 7.36. The van der Waals surface area contributed by atoms with Gasteiger partial charge in [0.15, 0.2) is 0 Å². The van der Waals surface area contributed by atoms with Gasteiger partial charge in [0, 0.05) is 17.0 Å². The molecule has 1 aliphatic heterocycles. The van der Waals surface area contributed by atoms with Gasteiger partial charge in [0.2, 0.25) is 11.8 Å². The molecule has 0 aliphatic carbocycles. The second-order valence-corrected chi connectivity index (χ2v) is 6.66. The largest absolute Gasteiger partial charge is 0.416 e. The van der Waals surface area contributed by atoms with Crippen molar-refractivity contribution in [1.29, 1.82) is 0 Å². The minimum Gasteiger partial charge on any atom is -0.326 e. The topological polar surface area (TPSA) is 58.2 Å². The van der Waals surface area contributed by atoms with E-state index in [0.29, 0.717) is 5.69 Å². The molecule has 0 saturated carbocycles. The van der Waals surface area contributed by atoms with Crippen molar-refractivity contribution in [2.75, 3.05) is 10.6 Å². The average Bonchev–Trinajstić information content (AvgIpc) is 2.55. The number of carbonyl (C=O) groups is 2. The van der Waals surface area contributed by atoms with Crippen LogP contribution in [0.15, 0.2) is 53.4 Å². The van der Waals surface area contributed by atoms with Crippen molar-refractivity contribution in [3.8, 4) is 0 Å². The van der Waals surface area contributed by atoms with Crippen LogP contribution >= 0.6 is 11.8 Å². The van der Waals surface area contributed by atoms with Gasteiger partial charge in [-0.15, -0.1) is 11.8 Å². The van der Waals surface area contributed by atoms with E-state index in [1.165, 1.54) is 23.9 Å². The number of nitrogens with one attached hydrogen (secondary N) is 2. The number of halogens is 3. The number of anilines is 2. The summed E-state index contributed by atoms with van der Waals surface area (Å²) in [5.74, 6) is -0.710. The van der Waals surface area contributed by atoms with E-state index in [1.54, 1.807) is 12.1 Å². The molecule has 2 N–H and O–H groups in total. The number of amides is 2. The Balaban J connectivity index is 1.62. The predicted molar refractivity (Wildman–Crippen MR) is 89.4 cm³/mol. The fraction of sp³-hybridized carbons (Fsp3) is 0.176. The lowest BCUT2D eigenvalue weighted by atomic mass is 10.2. The molecule has 0 bridgehead atoms. The smallest absolute Gasteiger partial charge is 0.326 e. The summed E-state index contributed by atoms with van der Waals surface area (Å²) in [6, 6.07) is 11.4. The third-order valence-electron chi connectivity index (χ3n) is 3.57. The third-order valence-corrected chi connectivity index (χ3v) is 4.85. The van der Waals surface area contributed by atoms with Gasteiger partial charge in [0.1, 0.15) is 0 Å². The average molecular weight is 366 g/mol. The number of carbonyl (C=O) groups excluding carboxylic acids is 2. The number of fused-ring (bicyclic) bond motifs is 1. The van der Waals surface area contributed by atoms with Crippen LogP contribution in [0.1, 0.15) is 12.0 Å². The zero-order chi connectivity index (χ0) is 18.0. The highest BCUT2D eigenvalue weighted by molar-refractivity contribution is 8.01. The van der Waals surface area contributed by atoms with Gasteiger partial charge in [-0.3, -0.25) is 9.59 Å². The van der Waals surface area contributed by atoms with Crippen molar-refractivity contribution < 1.29 is 22.8 Å². The summed E-state index contributed by atoms with van der Waals surface area (Å²) < 4.78 is 37.6. The van der Waals surface area contributed by atoms with E-state index in [-0.39, 0.29) is 18.0 Å². The van der Waals surface area contributed by atoms with Gasteiger partial charge in [-0.1, -0.05) is 12.1 Å². The molecule has 0 spiro atoms. The molecular formula is C17H13F3N2O2S. The van der Waals surface area contributed by atoms with Crippen molar-refractivity contribution in [3.63, 3.8) is 0 Å². The van der Waals surface area contributed by atoms with Gasteiger partial charge in [0.25, 0.3) is 0 Å². The standard InChI is InChI=1S/C17H13F3N2O2S/c18-17(19,20)10-5-7-11(8-6-10)21-15(23)9-14-16(24)22-12-3-1-2-4-13(12)25-14/h1-8,14H,9H2,(H,21,23)(H,22,24). The van der Waals surface area contributed by atoms with Gasteiger partial charge in [-0.05, 0) is 36.4 Å². The highest BCUT2D eigenvalue weighted by atomic mass is 32.2. The lowest BCUT2D eigenvalue weighted by Gasteiger charge is -2.23. The van der Waals surface area contributed by atoms with Crippen molar-refractivity contribution in [3.05, 3.63) is 54.1 Å². The van der Waals surface area contributed by atoms with E-state index in [4.69, 9.17) is 0 Å². The van der Waals surface area contributed by atoms with Gasteiger partial charge in [-0.25, -0.2) is 0 Å². The van der Waals surface area contributed by atoms with Gasteiger partial charge >= 0.3 is 6.18 Å². The van der Waals surface area contributed by atoms with E-state index in [2.05, 4.69) is 10.6 Å². The fourth-order valence-corrected chi connectivity index (χ4v) is 3.46. The third kappa shape index (κ3) is 4.14. The van der Waals surface area contributed by atoms with Crippen LogP contribution in [0.2, 0.25) is 0 Å². The van der Waals surface area contributed by atoms with Crippen LogP contribution in [0.5, 0.6) is 0 Å². The zero-order valence-corrected chi connectivity index (χ0v) is 13.6. The quantitative estimate of drug-likeness (QED) is 0.858. The van der Waals surface area contributed by atoms with E-state index in [0.717, 1.165) is 17.0 Å². The summed E-state index contributed by atoms with van der Waals surface area (Å²) >= 11 is 1.29. The molecule has 1 atom stereocenters. The molecule has 8 heteroatoms. The number of para-hydroxylation sites is 1. The Morgan fingerprint density at radius 3 is 2.48 bits per heavy atom. The van der Waals surface area contributed by atoms with Crippen LogP contribution in [-0.4, -0.2) is 17.1 Å². The summed E-state index contributed by atoms with van der Waals surface area (Å²) in [4.78, 5) is 25.0. The summed E-state index contributed by atoms with van der Waals surface area (Å²) in [7, 11) is 0. The Morgan fingerprint density at radius 1 is 1.12 bits per heavy atom. The number of hydrogen-bond acceptors (Lipinski definition) is 3. The van der Waals surface area contributed by atoms with Crippen LogP contribution in [-0.2, 0) is 15.8 Å². The molecule has 25 heavy (non-hydrogen) atoms. The van der Waals surface area contributed by atoms with E-state index < -0.39 is 22.9 Å². The lowest BCUT2D eigenvalue weighted by molar-refractivity contribution is -0.137. The van der Waals surface area contributed by atoms with E-state index in [9.17, 15) is 22.8 Å². The highest BCUT2D eigenvalue weighted by Crippen LogP contribution is 2.36. The highest BCUT2D eigenvalue weighted by Gasteiger charge is 2.31. The first kappa shape index (κ1) is 17.3. The molecule has 4 nitrogen and oxygen atoms in total. The van der Waals surface area contributed by atoms with Crippen LogP contribution in [0.3, 0.4) is 0 Å². The lowest BCUT2D eigenvalue weighted by Crippen LogP contribution is -2.32. The fourth-order valence-electron chi connectivity index (χ4n) is 2.35. The Bertz CT molecular complexity index is 806. The van der Waals surface area contributed by atoms with Gasteiger partial charge in [0.05, 0.1) is 16.5 Å². The Labute approximate surface area is 145 Å². The first-order chi connectivity index (χ1) is 11.8. The van der Waals surface area contributed by atoms with E-state index in [1.807, 2.05) is 12.1 Å². The summed E-state index contributed by atoms with van der Waals surface area (Å²) in [5, 5.41) is 4.66. The number of rotatable bonds is 3. The molecular weight excluding hydrogens is 353 g/mol. The second kappa shape index (κ2) is 6.79. The minimum absolute atomic E-state index is 0.0775. The SMILES string of the molecule is O=C(CC1Sc2ccccc2NC1=O)Nc1ccc(C(F)(F)F)cc1. The molecule has 0 fully saturated rings. The Kier molecular flexibility index (Phi) is 4.71. The zero-order valence-electron chi connectivity index (χ0n) is 12.8. The van der Waals surface area contributed by atoms with Crippen LogP contribution in [0, 0.1) is 0 Å². The molecule has 1 unspecified atom stereocenters. The normalized spacial score (nSPS) is 16.8. The summed E-state index contributed by atoms with van der Waals surface area (Å²) in [5.41, 5.74) is 0.167. The maximum Gasteiger partial charge on any atom is 0.416 e. The van der Waals surface area contributed by atoms with Crippen molar-refractivity contribution >= 4 is 35.0 Å². The van der Waals surface area contributed by atoms with Crippen molar-refractivity contribution in [1.82, 2.24) is 0 Å². The van der Waals surface area contributed by atoms with Gasteiger partial charge < -0.3 is 10.6 Å². The van der Waals surface area contributed by atoms with E-state index >= 15 is 0 Å². The molecule has 2 aromatic rings. The maximum atomic E-state index is 12.5. The number of alkyl halides is 3. The number of thioether (sulfide) groups is 1. The Morgan fingerprint density at radius 2 is 1.80 bits per heavy atom. The van der Waals surface area contributed by atoms with Crippen LogP contribution in [0.25, 0.3) is 0 Å². The summed E-state index contributed by atoms with van der Waals surface area (Å²) in [6.07, 6.45) is -4.50. The monoisotopic (exact) mass is 366 g/mol. The molecule has 3 rings (SSSR count). The summed E-state index contributed by atoms with van der Waals surface area (Å²) in [6.45, 7) is 0. The number of hydrogen-bond donors (Lipinski definition) is 2. The molecule has 130 valence electrons. The van der Waals surface area contributed by atoms with Crippen LogP contribution < -0.4 is 10.6 Å². The molecule has 0 aromatic heterocycles. The van der Waals surface area contributed by atoms with Crippen molar-refractivity contribution in [2.24, 2.45) is 0 Å². The Hall–Kier alpha value is -2.48. The predicted octanol–water partition coefficient (Wildman–Crippen LogP) is 4.15. The molecule has 0 saturated heterocycles. The number of benzene rings is 2. The molecule has 1 aliphatic rings. The first-order valence-corrected chi connectivity index (χ1v) is 8.24. The maximum absolute atomic E-state index is 12.5. The van der Waals surface area contributed by atoms with Crippen molar-refractivity contribution in [2.45, 2.75) is 22.7 Å². The minimum atomic E-state index is -4.42. The van der Waals surface area contributed by atoms with Gasteiger partial charge in [-0.2, -0.15) is 13.2 Å². The molecule has 2 amide bonds.